The van der Waals surface area contributed by atoms with Crippen molar-refractivity contribution < 1.29 is 4.74 Å². The lowest BCUT2D eigenvalue weighted by atomic mass is 10.0. The number of hydrogen-bond donors (Lipinski definition) is 1. The van der Waals surface area contributed by atoms with Gasteiger partial charge in [0.05, 0.1) is 22.5 Å². The highest BCUT2D eigenvalue weighted by molar-refractivity contribution is 9.10. The molecule has 1 unspecified atom stereocenters. The number of nitrogens with two attached hydrogens (primary N) is 1. The van der Waals surface area contributed by atoms with Crippen LogP contribution in [0.3, 0.4) is 0 Å². The van der Waals surface area contributed by atoms with E-state index in [1.165, 1.54) is 0 Å². The van der Waals surface area contributed by atoms with Crippen molar-refractivity contribution in [1.29, 1.82) is 0 Å². The van der Waals surface area contributed by atoms with E-state index in [4.69, 9.17) is 10.5 Å². The molecule has 0 aliphatic heterocycles. The summed E-state index contributed by atoms with van der Waals surface area (Å²) in [5.74, 6) is 0.880. The van der Waals surface area contributed by atoms with Gasteiger partial charge in [-0.1, -0.05) is 19.1 Å². The van der Waals surface area contributed by atoms with Gasteiger partial charge in [0.1, 0.15) is 5.75 Å². The molecule has 4 nitrogen and oxygen atoms in total. The van der Waals surface area contributed by atoms with Gasteiger partial charge in [-0.3, -0.25) is 4.68 Å². The van der Waals surface area contributed by atoms with E-state index in [-0.39, 0.29) is 6.04 Å². The van der Waals surface area contributed by atoms with Crippen LogP contribution in [0.2, 0.25) is 0 Å². The standard InChI is InChI=1S/C16H22BrN3O/c1-4-8-21-13-7-5-6-12(9-13)14(18)10-15-16(17)11(2)19-20(15)3/h5-7,9,14H,4,8,10,18H2,1-3H3. The van der Waals surface area contributed by atoms with Gasteiger partial charge in [-0.05, 0) is 47.0 Å². The van der Waals surface area contributed by atoms with E-state index in [1.807, 2.05) is 42.9 Å². The zero-order chi connectivity index (χ0) is 15.4. The Kier molecular flexibility index (Phi) is 5.42. The number of aromatic nitrogens is 2. The first-order valence-corrected chi connectivity index (χ1v) is 7.98. The van der Waals surface area contributed by atoms with E-state index in [9.17, 15) is 0 Å². The fourth-order valence-electron chi connectivity index (χ4n) is 2.28. The second kappa shape index (κ2) is 7.09. The first-order valence-electron chi connectivity index (χ1n) is 7.19. The lowest BCUT2D eigenvalue weighted by molar-refractivity contribution is 0.317. The van der Waals surface area contributed by atoms with Gasteiger partial charge < -0.3 is 10.5 Å². The van der Waals surface area contributed by atoms with Crippen molar-refractivity contribution in [3.05, 3.63) is 45.7 Å². The van der Waals surface area contributed by atoms with Crippen LogP contribution in [0.1, 0.15) is 36.3 Å². The van der Waals surface area contributed by atoms with Crippen LogP contribution in [0.25, 0.3) is 0 Å². The fourth-order valence-corrected chi connectivity index (χ4v) is 2.78. The highest BCUT2D eigenvalue weighted by atomic mass is 79.9. The van der Waals surface area contributed by atoms with Crippen LogP contribution in [-0.2, 0) is 13.5 Å². The van der Waals surface area contributed by atoms with Crippen molar-refractivity contribution in [1.82, 2.24) is 9.78 Å². The molecule has 5 heteroatoms. The molecule has 0 saturated carbocycles. The number of rotatable bonds is 6. The number of benzene rings is 1. The summed E-state index contributed by atoms with van der Waals surface area (Å²) in [5, 5.41) is 4.40. The topological polar surface area (TPSA) is 53.1 Å². The zero-order valence-electron chi connectivity index (χ0n) is 12.8. The van der Waals surface area contributed by atoms with Gasteiger partial charge in [-0.2, -0.15) is 5.10 Å². The van der Waals surface area contributed by atoms with Crippen molar-refractivity contribution in [2.24, 2.45) is 12.8 Å². The third kappa shape index (κ3) is 3.86. The van der Waals surface area contributed by atoms with E-state index in [0.29, 0.717) is 0 Å². The Bertz CT molecular complexity index is 610. The summed E-state index contributed by atoms with van der Waals surface area (Å²) in [7, 11) is 1.95. The molecule has 114 valence electrons. The number of ether oxygens (including phenoxy) is 1. The minimum atomic E-state index is -0.0822. The molecule has 0 radical (unpaired) electrons. The second-order valence-electron chi connectivity index (χ2n) is 5.20. The summed E-state index contributed by atoms with van der Waals surface area (Å²) in [6.07, 6.45) is 1.73. The summed E-state index contributed by atoms with van der Waals surface area (Å²) in [4.78, 5) is 0. The molecule has 0 fully saturated rings. The first kappa shape index (κ1) is 16.0. The van der Waals surface area contributed by atoms with Crippen LogP contribution in [0.4, 0.5) is 0 Å². The van der Waals surface area contributed by atoms with Crippen LogP contribution in [0.5, 0.6) is 5.75 Å². The lowest BCUT2D eigenvalue weighted by Crippen LogP contribution is -2.15. The van der Waals surface area contributed by atoms with E-state index in [1.54, 1.807) is 0 Å². The molecule has 0 amide bonds. The summed E-state index contributed by atoms with van der Waals surface area (Å²) in [6.45, 7) is 4.81. The Labute approximate surface area is 134 Å². The van der Waals surface area contributed by atoms with Gasteiger partial charge in [0.25, 0.3) is 0 Å². The fraction of sp³-hybridized carbons (Fsp3) is 0.438. The molecule has 1 heterocycles. The largest absolute Gasteiger partial charge is 0.494 e. The molecule has 0 bridgehead atoms. The van der Waals surface area contributed by atoms with Crippen LogP contribution in [0.15, 0.2) is 28.7 Å². The van der Waals surface area contributed by atoms with Crippen LogP contribution < -0.4 is 10.5 Å². The minimum Gasteiger partial charge on any atom is -0.494 e. The molecule has 1 aromatic carbocycles. The highest BCUT2D eigenvalue weighted by Crippen LogP contribution is 2.26. The third-order valence-corrected chi connectivity index (χ3v) is 4.47. The Morgan fingerprint density at radius 1 is 1.43 bits per heavy atom. The molecule has 2 rings (SSSR count). The van der Waals surface area contributed by atoms with Crippen LogP contribution in [-0.4, -0.2) is 16.4 Å². The smallest absolute Gasteiger partial charge is 0.119 e. The maximum absolute atomic E-state index is 6.35. The second-order valence-corrected chi connectivity index (χ2v) is 5.99. The molecule has 0 aliphatic rings. The molecule has 0 spiro atoms. The van der Waals surface area contributed by atoms with Crippen LogP contribution >= 0.6 is 15.9 Å². The summed E-state index contributed by atoms with van der Waals surface area (Å²) >= 11 is 3.59. The van der Waals surface area contributed by atoms with Crippen molar-refractivity contribution in [2.75, 3.05) is 6.61 Å². The number of aryl methyl sites for hydroxylation is 2. The van der Waals surface area contributed by atoms with E-state index in [2.05, 4.69) is 28.0 Å². The van der Waals surface area contributed by atoms with Gasteiger partial charge in [0.2, 0.25) is 0 Å². The summed E-state index contributed by atoms with van der Waals surface area (Å²) in [5.41, 5.74) is 9.53. The quantitative estimate of drug-likeness (QED) is 0.865. The maximum atomic E-state index is 6.35. The monoisotopic (exact) mass is 351 g/mol. The van der Waals surface area contributed by atoms with Crippen molar-refractivity contribution in [3.8, 4) is 5.75 Å². The Morgan fingerprint density at radius 3 is 2.81 bits per heavy atom. The van der Waals surface area contributed by atoms with E-state index < -0.39 is 0 Å². The molecular weight excluding hydrogens is 330 g/mol. The summed E-state index contributed by atoms with van der Waals surface area (Å²) < 4.78 is 8.59. The predicted octanol–water partition coefficient (Wildman–Crippen LogP) is 3.52. The number of hydrogen-bond acceptors (Lipinski definition) is 3. The maximum Gasteiger partial charge on any atom is 0.119 e. The van der Waals surface area contributed by atoms with E-state index >= 15 is 0 Å². The molecule has 2 N–H and O–H groups in total. The molecule has 2 aromatic rings. The number of halogens is 1. The molecule has 0 saturated heterocycles. The normalized spacial score (nSPS) is 12.4. The Morgan fingerprint density at radius 2 is 2.19 bits per heavy atom. The SMILES string of the molecule is CCCOc1cccc(C(N)Cc2c(Br)c(C)nn2C)c1. The summed E-state index contributed by atoms with van der Waals surface area (Å²) in [6, 6.07) is 7.94. The van der Waals surface area contributed by atoms with Gasteiger partial charge in [-0.15, -0.1) is 0 Å². The molecule has 1 aromatic heterocycles. The van der Waals surface area contributed by atoms with Gasteiger partial charge >= 0.3 is 0 Å². The Hall–Kier alpha value is -1.33. The molecule has 21 heavy (non-hydrogen) atoms. The zero-order valence-corrected chi connectivity index (χ0v) is 14.4. The highest BCUT2D eigenvalue weighted by Gasteiger charge is 2.15. The van der Waals surface area contributed by atoms with E-state index in [0.717, 1.165) is 46.6 Å². The van der Waals surface area contributed by atoms with Crippen molar-refractivity contribution >= 4 is 15.9 Å². The molecular formula is C16H22BrN3O. The third-order valence-electron chi connectivity index (χ3n) is 3.43. The average Bonchev–Trinajstić information content (AvgIpc) is 2.72. The number of nitrogens with zero attached hydrogens (tertiary/aromatic N) is 2. The lowest BCUT2D eigenvalue weighted by Gasteiger charge is -2.14. The minimum absolute atomic E-state index is 0.0822. The predicted molar refractivity (Wildman–Crippen MR) is 88.5 cm³/mol. The van der Waals surface area contributed by atoms with Crippen molar-refractivity contribution in [2.45, 2.75) is 32.7 Å². The average molecular weight is 352 g/mol. The first-order chi connectivity index (χ1) is 10.0. The van der Waals surface area contributed by atoms with Crippen molar-refractivity contribution in [3.63, 3.8) is 0 Å². The van der Waals surface area contributed by atoms with Gasteiger partial charge in [-0.25, -0.2) is 0 Å². The van der Waals surface area contributed by atoms with Gasteiger partial charge in [0.15, 0.2) is 0 Å². The van der Waals surface area contributed by atoms with Gasteiger partial charge in [0, 0.05) is 19.5 Å². The Balaban J connectivity index is 2.14. The molecule has 0 aliphatic carbocycles. The molecule has 1 atom stereocenters. The van der Waals surface area contributed by atoms with Crippen LogP contribution in [0, 0.1) is 6.92 Å².